The quantitative estimate of drug-likeness (QED) is 0.746. The topological polar surface area (TPSA) is 15.3 Å². The van der Waals surface area contributed by atoms with Gasteiger partial charge in [-0.1, -0.05) is 44.2 Å². The molecule has 0 bridgehead atoms. The summed E-state index contributed by atoms with van der Waals surface area (Å²) in [5, 5.41) is 3.53. The van der Waals surface area contributed by atoms with Crippen molar-refractivity contribution < 1.29 is 8.78 Å². The first kappa shape index (κ1) is 17.1. The summed E-state index contributed by atoms with van der Waals surface area (Å²) < 4.78 is 24.8. The van der Waals surface area contributed by atoms with Crippen LogP contribution in [0.3, 0.4) is 0 Å². The molecule has 0 aromatic heterocycles. The molecule has 0 heterocycles. The molecule has 2 nitrogen and oxygen atoms in total. The molecule has 1 aromatic carbocycles. The van der Waals surface area contributed by atoms with Gasteiger partial charge in [0.05, 0.1) is 6.54 Å². The molecule has 1 rings (SSSR count). The minimum Gasteiger partial charge on any atom is -0.310 e. The smallest absolute Gasteiger partial charge is 0.251 e. The number of benzene rings is 1. The molecule has 0 spiro atoms. The molecule has 2 atom stereocenters. The first-order valence-electron chi connectivity index (χ1n) is 7.29. The number of hydrogen-bond donors (Lipinski definition) is 1. The van der Waals surface area contributed by atoms with Crippen LogP contribution in [0.25, 0.3) is 0 Å². The molecule has 0 radical (unpaired) electrons. The maximum absolute atomic E-state index is 12.4. The van der Waals surface area contributed by atoms with Crippen LogP contribution in [0.4, 0.5) is 8.78 Å². The summed E-state index contributed by atoms with van der Waals surface area (Å²) in [4.78, 5) is 1.71. The predicted molar refractivity (Wildman–Crippen MR) is 80.1 cm³/mol. The van der Waals surface area contributed by atoms with E-state index in [4.69, 9.17) is 0 Å². The van der Waals surface area contributed by atoms with Gasteiger partial charge < -0.3 is 10.2 Å². The number of alkyl halides is 2. The Morgan fingerprint density at radius 2 is 1.80 bits per heavy atom. The van der Waals surface area contributed by atoms with Crippen molar-refractivity contribution in [2.24, 2.45) is 5.92 Å². The van der Waals surface area contributed by atoms with Crippen LogP contribution in [0.2, 0.25) is 0 Å². The number of nitrogens with one attached hydrogen (secondary N) is 1. The van der Waals surface area contributed by atoms with Crippen LogP contribution >= 0.6 is 0 Å². The van der Waals surface area contributed by atoms with Gasteiger partial charge in [-0.2, -0.15) is 0 Å². The van der Waals surface area contributed by atoms with Crippen molar-refractivity contribution in [1.29, 1.82) is 0 Å². The summed E-state index contributed by atoms with van der Waals surface area (Å²) in [5.41, 5.74) is 1.22. The highest BCUT2D eigenvalue weighted by Gasteiger charge is 2.20. The van der Waals surface area contributed by atoms with Gasteiger partial charge in [-0.05, 0) is 31.5 Å². The van der Waals surface area contributed by atoms with Gasteiger partial charge in [-0.3, -0.25) is 0 Å². The molecule has 114 valence electrons. The third-order valence-corrected chi connectivity index (χ3v) is 3.39. The number of nitrogens with zero attached hydrogens (tertiary/aromatic N) is 1. The lowest BCUT2D eigenvalue weighted by Gasteiger charge is -2.29. The predicted octanol–water partition coefficient (Wildman–Crippen LogP) is 3.56. The lowest BCUT2D eigenvalue weighted by atomic mass is 9.94. The van der Waals surface area contributed by atoms with E-state index in [1.54, 1.807) is 11.9 Å². The van der Waals surface area contributed by atoms with Crippen LogP contribution in [0.15, 0.2) is 30.3 Å². The van der Waals surface area contributed by atoms with E-state index >= 15 is 0 Å². The molecule has 0 aliphatic rings. The second-order valence-electron chi connectivity index (χ2n) is 5.43. The second-order valence-corrected chi connectivity index (χ2v) is 5.43. The molecular formula is C16H26F2N2. The Morgan fingerprint density at radius 3 is 2.35 bits per heavy atom. The van der Waals surface area contributed by atoms with E-state index in [0.717, 1.165) is 13.0 Å². The summed E-state index contributed by atoms with van der Waals surface area (Å²) in [6.45, 7) is 5.66. The average Bonchev–Trinajstić information content (AvgIpc) is 2.39. The van der Waals surface area contributed by atoms with E-state index in [-0.39, 0.29) is 18.5 Å². The fourth-order valence-corrected chi connectivity index (χ4v) is 2.51. The zero-order valence-corrected chi connectivity index (χ0v) is 12.7. The van der Waals surface area contributed by atoms with E-state index in [1.807, 2.05) is 18.2 Å². The highest BCUT2D eigenvalue weighted by atomic mass is 19.3. The Labute approximate surface area is 121 Å². The molecular weight excluding hydrogens is 258 g/mol. The number of hydrogen-bond acceptors (Lipinski definition) is 2. The monoisotopic (exact) mass is 284 g/mol. The highest BCUT2D eigenvalue weighted by Crippen LogP contribution is 2.22. The van der Waals surface area contributed by atoms with Gasteiger partial charge in [0.15, 0.2) is 0 Å². The summed E-state index contributed by atoms with van der Waals surface area (Å²) in [5.74, 6) is 0.271. The van der Waals surface area contributed by atoms with Gasteiger partial charge in [0.2, 0.25) is 0 Å². The van der Waals surface area contributed by atoms with Crippen LogP contribution in [0, 0.1) is 5.92 Å². The van der Waals surface area contributed by atoms with Crippen LogP contribution in [-0.4, -0.2) is 38.0 Å². The van der Waals surface area contributed by atoms with Crippen LogP contribution in [0.5, 0.6) is 0 Å². The van der Waals surface area contributed by atoms with Crippen LogP contribution < -0.4 is 5.32 Å². The van der Waals surface area contributed by atoms with E-state index in [1.165, 1.54) is 5.56 Å². The van der Waals surface area contributed by atoms with Crippen molar-refractivity contribution >= 4 is 0 Å². The summed E-state index contributed by atoms with van der Waals surface area (Å²) in [6.07, 6.45) is -1.21. The maximum Gasteiger partial charge on any atom is 0.251 e. The van der Waals surface area contributed by atoms with Gasteiger partial charge in [0.25, 0.3) is 6.43 Å². The van der Waals surface area contributed by atoms with Gasteiger partial charge >= 0.3 is 0 Å². The van der Waals surface area contributed by atoms with Crippen LogP contribution in [0.1, 0.15) is 31.9 Å². The molecule has 1 aromatic rings. The minimum atomic E-state index is -2.27. The summed E-state index contributed by atoms with van der Waals surface area (Å²) in [6, 6.07) is 10.4. The third kappa shape index (κ3) is 5.97. The fourth-order valence-electron chi connectivity index (χ4n) is 2.51. The normalized spacial score (nSPS) is 14.8. The Kier molecular flexibility index (Phi) is 7.70. The maximum atomic E-state index is 12.4. The van der Waals surface area contributed by atoms with E-state index in [9.17, 15) is 8.78 Å². The summed E-state index contributed by atoms with van der Waals surface area (Å²) in [7, 11) is 1.75. The van der Waals surface area contributed by atoms with Crippen molar-refractivity contribution in [3.8, 4) is 0 Å². The minimum absolute atomic E-state index is 0.167. The van der Waals surface area contributed by atoms with Gasteiger partial charge in [-0.15, -0.1) is 0 Å². The van der Waals surface area contributed by atoms with Gasteiger partial charge in [0.1, 0.15) is 0 Å². The lowest BCUT2D eigenvalue weighted by molar-refractivity contribution is 0.0909. The number of rotatable bonds is 9. The molecule has 4 heteroatoms. The average molecular weight is 284 g/mol. The molecule has 0 fully saturated rings. The highest BCUT2D eigenvalue weighted by molar-refractivity contribution is 5.19. The first-order chi connectivity index (χ1) is 9.54. The zero-order valence-electron chi connectivity index (χ0n) is 12.7. The lowest BCUT2D eigenvalue weighted by Crippen LogP contribution is -2.36. The van der Waals surface area contributed by atoms with Crippen molar-refractivity contribution in [2.75, 3.05) is 26.7 Å². The second kappa shape index (κ2) is 9.03. The van der Waals surface area contributed by atoms with Gasteiger partial charge in [-0.25, -0.2) is 8.78 Å². The van der Waals surface area contributed by atoms with Crippen LogP contribution in [-0.2, 0) is 0 Å². The molecule has 0 saturated heterocycles. The Hall–Kier alpha value is -1.00. The van der Waals surface area contributed by atoms with E-state index in [2.05, 4.69) is 31.3 Å². The van der Waals surface area contributed by atoms with E-state index < -0.39 is 6.43 Å². The Bertz CT molecular complexity index is 357. The number of halogens is 2. The van der Waals surface area contributed by atoms with E-state index in [0.29, 0.717) is 6.54 Å². The van der Waals surface area contributed by atoms with Crippen molar-refractivity contribution in [3.05, 3.63) is 35.9 Å². The van der Waals surface area contributed by atoms with Crippen molar-refractivity contribution in [1.82, 2.24) is 10.2 Å². The fraction of sp³-hybridized carbons (Fsp3) is 0.625. The molecule has 0 aliphatic heterocycles. The SMILES string of the molecule is CCCNC(c1ccccc1)C(C)CN(C)CC(F)F. The largest absolute Gasteiger partial charge is 0.310 e. The standard InChI is InChI=1S/C16H26F2N2/c1-4-10-19-16(14-8-6-5-7-9-14)13(2)11-20(3)12-15(17)18/h5-9,13,15-16,19H,4,10-12H2,1-3H3. The molecule has 20 heavy (non-hydrogen) atoms. The third-order valence-electron chi connectivity index (χ3n) is 3.39. The zero-order chi connectivity index (χ0) is 15.0. The molecule has 2 unspecified atom stereocenters. The van der Waals surface area contributed by atoms with Gasteiger partial charge in [0, 0.05) is 12.6 Å². The molecule has 0 aliphatic carbocycles. The molecule has 1 N–H and O–H groups in total. The summed E-state index contributed by atoms with van der Waals surface area (Å²) >= 11 is 0. The molecule has 0 amide bonds. The Morgan fingerprint density at radius 1 is 1.15 bits per heavy atom. The van der Waals surface area contributed by atoms with Crippen molar-refractivity contribution in [3.63, 3.8) is 0 Å². The Balaban J connectivity index is 2.67. The molecule has 0 saturated carbocycles. The first-order valence-corrected chi connectivity index (χ1v) is 7.29. The van der Waals surface area contributed by atoms with Crippen molar-refractivity contribution in [2.45, 2.75) is 32.7 Å².